The topological polar surface area (TPSA) is 77.1 Å². The van der Waals surface area contributed by atoms with E-state index in [4.69, 9.17) is 14.2 Å². The molecule has 2 amide bonds. The molecule has 2 aromatic rings. The third-order valence-electron chi connectivity index (χ3n) is 5.89. The normalized spacial score (nSPS) is 12.4. The lowest BCUT2D eigenvalue weighted by Crippen LogP contribution is -2.49. The van der Waals surface area contributed by atoms with Crippen LogP contribution in [-0.2, 0) is 22.6 Å². The maximum Gasteiger partial charge on any atom is 0.242 e. The van der Waals surface area contributed by atoms with E-state index in [1.54, 1.807) is 18.9 Å². The molecule has 0 heterocycles. The van der Waals surface area contributed by atoms with Crippen LogP contribution in [0.4, 0.5) is 0 Å². The number of nitrogens with zero attached hydrogens (tertiary/aromatic N) is 1. The molecule has 0 aromatic heterocycles. The van der Waals surface area contributed by atoms with E-state index in [1.165, 1.54) is 0 Å². The lowest BCUT2D eigenvalue weighted by atomic mass is 10.1. The standard InChI is InChI=1S/C28H40N2O5/c1-7-20(4)29-28(32)21(5)30(19-23-11-10-12-24(17-23)33-6)27(31)16-14-22-13-15-25(34-8-2)26(18-22)35-9-3/h10-13,15,17-18,20-21H,7-9,14,16,19H2,1-6H3,(H,29,32). The Balaban J connectivity index is 2.20. The summed E-state index contributed by atoms with van der Waals surface area (Å²) >= 11 is 0. The number of amides is 2. The summed E-state index contributed by atoms with van der Waals surface area (Å²) in [6.45, 7) is 11.0. The molecule has 0 saturated carbocycles. The average Bonchev–Trinajstić information content (AvgIpc) is 2.87. The summed E-state index contributed by atoms with van der Waals surface area (Å²) in [7, 11) is 1.61. The molecular formula is C28H40N2O5. The van der Waals surface area contributed by atoms with Crippen LogP contribution in [-0.4, -0.2) is 49.1 Å². The van der Waals surface area contributed by atoms with Gasteiger partial charge in [-0.3, -0.25) is 9.59 Å². The first kappa shape index (κ1) is 28.0. The van der Waals surface area contributed by atoms with Crippen LogP contribution in [0.1, 0.15) is 58.6 Å². The van der Waals surface area contributed by atoms with Crippen molar-refractivity contribution < 1.29 is 23.8 Å². The first-order valence-electron chi connectivity index (χ1n) is 12.4. The highest BCUT2D eigenvalue weighted by Gasteiger charge is 2.26. The highest BCUT2D eigenvalue weighted by Crippen LogP contribution is 2.29. The van der Waals surface area contributed by atoms with Gasteiger partial charge in [0.05, 0.1) is 20.3 Å². The summed E-state index contributed by atoms with van der Waals surface area (Å²) in [5, 5.41) is 3.00. The predicted octanol–water partition coefficient (Wildman–Crippen LogP) is 4.76. The van der Waals surface area contributed by atoms with Gasteiger partial charge < -0.3 is 24.4 Å². The van der Waals surface area contributed by atoms with Gasteiger partial charge in [0.15, 0.2) is 11.5 Å². The molecule has 0 aliphatic heterocycles. The molecule has 0 spiro atoms. The molecule has 192 valence electrons. The SMILES string of the molecule is CCOc1ccc(CCC(=O)N(Cc2cccc(OC)c2)C(C)C(=O)NC(C)CC)cc1OCC. The van der Waals surface area contributed by atoms with E-state index in [0.717, 1.165) is 17.5 Å². The molecule has 0 fully saturated rings. The van der Waals surface area contributed by atoms with Gasteiger partial charge in [-0.2, -0.15) is 0 Å². The second-order valence-electron chi connectivity index (χ2n) is 8.51. The Morgan fingerprint density at radius 3 is 2.31 bits per heavy atom. The van der Waals surface area contributed by atoms with Crippen molar-refractivity contribution in [1.82, 2.24) is 10.2 Å². The number of hydrogen-bond acceptors (Lipinski definition) is 5. The number of aryl methyl sites for hydroxylation is 1. The van der Waals surface area contributed by atoms with Crippen LogP contribution in [0.15, 0.2) is 42.5 Å². The molecular weight excluding hydrogens is 444 g/mol. The van der Waals surface area contributed by atoms with Crippen molar-refractivity contribution in [2.75, 3.05) is 20.3 Å². The molecule has 2 unspecified atom stereocenters. The summed E-state index contributed by atoms with van der Waals surface area (Å²) in [5.41, 5.74) is 1.88. The molecule has 7 heteroatoms. The van der Waals surface area contributed by atoms with Crippen molar-refractivity contribution in [3.8, 4) is 17.2 Å². The maximum absolute atomic E-state index is 13.4. The Morgan fingerprint density at radius 1 is 0.943 bits per heavy atom. The second-order valence-corrected chi connectivity index (χ2v) is 8.51. The number of hydrogen-bond donors (Lipinski definition) is 1. The zero-order chi connectivity index (χ0) is 25.8. The quantitative estimate of drug-likeness (QED) is 0.418. The third-order valence-corrected chi connectivity index (χ3v) is 5.89. The van der Waals surface area contributed by atoms with Gasteiger partial charge in [0, 0.05) is 19.0 Å². The van der Waals surface area contributed by atoms with Crippen molar-refractivity contribution in [2.24, 2.45) is 0 Å². The molecule has 2 atom stereocenters. The lowest BCUT2D eigenvalue weighted by Gasteiger charge is -2.30. The predicted molar refractivity (Wildman–Crippen MR) is 138 cm³/mol. The smallest absolute Gasteiger partial charge is 0.242 e. The van der Waals surface area contributed by atoms with Gasteiger partial charge in [0.2, 0.25) is 11.8 Å². The van der Waals surface area contributed by atoms with Gasteiger partial charge in [-0.15, -0.1) is 0 Å². The van der Waals surface area contributed by atoms with Crippen LogP contribution in [0, 0.1) is 0 Å². The fourth-order valence-corrected chi connectivity index (χ4v) is 3.66. The van der Waals surface area contributed by atoms with Gasteiger partial charge in [0.25, 0.3) is 0 Å². The maximum atomic E-state index is 13.4. The molecule has 7 nitrogen and oxygen atoms in total. The number of carbonyl (C=O) groups excluding carboxylic acids is 2. The highest BCUT2D eigenvalue weighted by atomic mass is 16.5. The summed E-state index contributed by atoms with van der Waals surface area (Å²) < 4.78 is 16.7. The number of methoxy groups -OCH3 is 1. The molecule has 2 aromatic carbocycles. The zero-order valence-electron chi connectivity index (χ0n) is 21.9. The van der Waals surface area contributed by atoms with Crippen LogP contribution in [0.25, 0.3) is 0 Å². The van der Waals surface area contributed by atoms with E-state index in [0.29, 0.717) is 43.4 Å². The van der Waals surface area contributed by atoms with E-state index in [2.05, 4.69) is 5.32 Å². The van der Waals surface area contributed by atoms with Crippen LogP contribution in [0.5, 0.6) is 17.2 Å². The van der Waals surface area contributed by atoms with E-state index >= 15 is 0 Å². The Kier molecular flexibility index (Phi) is 11.4. The van der Waals surface area contributed by atoms with Gasteiger partial charge in [-0.1, -0.05) is 25.1 Å². The van der Waals surface area contributed by atoms with Gasteiger partial charge in [-0.25, -0.2) is 0 Å². The number of ether oxygens (including phenoxy) is 3. The zero-order valence-corrected chi connectivity index (χ0v) is 21.9. The Labute approximate surface area is 209 Å². The van der Waals surface area contributed by atoms with Crippen LogP contribution >= 0.6 is 0 Å². The summed E-state index contributed by atoms with van der Waals surface area (Å²) in [5.74, 6) is 1.83. The minimum atomic E-state index is -0.609. The van der Waals surface area contributed by atoms with Crippen LogP contribution in [0.3, 0.4) is 0 Å². The largest absolute Gasteiger partial charge is 0.497 e. The van der Waals surface area contributed by atoms with Gasteiger partial charge >= 0.3 is 0 Å². The first-order valence-corrected chi connectivity index (χ1v) is 12.4. The molecule has 0 aliphatic rings. The molecule has 0 saturated heterocycles. The fraction of sp³-hybridized carbons (Fsp3) is 0.500. The van der Waals surface area contributed by atoms with Crippen LogP contribution < -0.4 is 19.5 Å². The number of carbonyl (C=O) groups is 2. The second kappa shape index (κ2) is 14.2. The average molecular weight is 485 g/mol. The van der Waals surface area contributed by atoms with Gasteiger partial charge in [-0.05, 0) is 75.9 Å². The Morgan fingerprint density at radius 2 is 1.66 bits per heavy atom. The monoisotopic (exact) mass is 484 g/mol. The van der Waals surface area contributed by atoms with E-state index in [1.807, 2.05) is 70.2 Å². The van der Waals surface area contributed by atoms with Crippen LogP contribution in [0.2, 0.25) is 0 Å². The summed E-state index contributed by atoms with van der Waals surface area (Å²) in [6, 6.07) is 12.8. The minimum absolute atomic E-state index is 0.0413. The summed E-state index contributed by atoms with van der Waals surface area (Å²) in [6.07, 6.45) is 1.62. The van der Waals surface area contributed by atoms with Crippen molar-refractivity contribution in [2.45, 2.75) is 72.5 Å². The molecule has 0 bridgehead atoms. The van der Waals surface area contributed by atoms with E-state index in [9.17, 15) is 9.59 Å². The fourth-order valence-electron chi connectivity index (χ4n) is 3.66. The number of rotatable bonds is 14. The first-order chi connectivity index (χ1) is 16.8. The number of benzene rings is 2. The molecule has 0 radical (unpaired) electrons. The van der Waals surface area contributed by atoms with Gasteiger partial charge in [0.1, 0.15) is 11.8 Å². The Hall–Kier alpha value is -3.22. The van der Waals surface area contributed by atoms with E-state index < -0.39 is 6.04 Å². The summed E-state index contributed by atoms with van der Waals surface area (Å²) in [4.78, 5) is 28.0. The van der Waals surface area contributed by atoms with Crippen molar-refractivity contribution in [3.63, 3.8) is 0 Å². The third kappa shape index (κ3) is 8.50. The van der Waals surface area contributed by atoms with Crippen molar-refractivity contribution in [1.29, 1.82) is 0 Å². The Bertz CT molecular complexity index is 962. The molecule has 2 rings (SSSR count). The van der Waals surface area contributed by atoms with Crippen molar-refractivity contribution in [3.05, 3.63) is 53.6 Å². The minimum Gasteiger partial charge on any atom is -0.497 e. The van der Waals surface area contributed by atoms with Crippen molar-refractivity contribution >= 4 is 11.8 Å². The number of nitrogens with one attached hydrogen (secondary N) is 1. The molecule has 0 aliphatic carbocycles. The van der Waals surface area contributed by atoms with E-state index in [-0.39, 0.29) is 24.3 Å². The lowest BCUT2D eigenvalue weighted by molar-refractivity contribution is -0.140. The highest BCUT2D eigenvalue weighted by molar-refractivity contribution is 5.87. The molecule has 1 N–H and O–H groups in total. The molecule has 35 heavy (non-hydrogen) atoms.